The predicted octanol–water partition coefficient (Wildman–Crippen LogP) is 3.76. The van der Waals surface area contributed by atoms with Gasteiger partial charge in [-0.15, -0.1) is 0 Å². The van der Waals surface area contributed by atoms with Crippen LogP contribution in [0.15, 0.2) is 24.3 Å². The van der Waals surface area contributed by atoms with Crippen LogP contribution in [0.5, 0.6) is 0 Å². The van der Waals surface area contributed by atoms with Crippen LogP contribution in [0, 0.1) is 0 Å². The number of benzene rings is 1. The van der Waals surface area contributed by atoms with Gasteiger partial charge in [-0.3, -0.25) is 0 Å². The first kappa shape index (κ1) is 17.3. The smallest absolute Gasteiger partial charge is 0.314 e. The van der Waals surface area contributed by atoms with E-state index in [2.05, 4.69) is 10.6 Å². The molecule has 124 valence electrons. The van der Waals surface area contributed by atoms with Crippen LogP contribution in [-0.2, 0) is 12.6 Å². The molecule has 5 heteroatoms. The van der Waals surface area contributed by atoms with Gasteiger partial charge < -0.3 is 10.6 Å². The number of hydrogen-bond acceptors (Lipinski definition) is 2. The van der Waals surface area contributed by atoms with Crippen LogP contribution in [0.2, 0.25) is 0 Å². The minimum atomic E-state index is -4.26. The summed E-state index contributed by atoms with van der Waals surface area (Å²) in [7, 11) is 0. The van der Waals surface area contributed by atoms with Crippen molar-refractivity contribution in [2.75, 3.05) is 13.1 Å². The van der Waals surface area contributed by atoms with Gasteiger partial charge in [0, 0.05) is 12.1 Å². The van der Waals surface area contributed by atoms with Crippen LogP contribution in [0.4, 0.5) is 13.2 Å². The minimum Gasteiger partial charge on any atom is -0.314 e. The fourth-order valence-corrected chi connectivity index (χ4v) is 2.97. The lowest BCUT2D eigenvalue weighted by atomic mass is 10.0. The van der Waals surface area contributed by atoms with Crippen molar-refractivity contribution in [3.8, 4) is 0 Å². The molecular weight excluding hydrogens is 289 g/mol. The first-order valence-corrected chi connectivity index (χ1v) is 8.08. The molecule has 0 aliphatic carbocycles. The zero-order valence-corrected chi connectivity index (χ0v) is 13.0. The molecule has 2 unspecified atom stereocenters. The monoisotopic (exact) mass is 314 g/mol. The molecule has 2 atom stereocenters. The number of rotatable bonds is 6. The molecule has 1 aliphatic heterocycles. The Bertz CT molecular complexity index is 453. The molecule has 1 aromatic rings. The Balaban J connectivity index is 1.75. The highest BCUT2D eigenvalue weighted by Gasteiger charge is 2.30. The van der Waals surface area contributed by atoms with Gasteiger partial charge in [-0.1, -0.05) is 24.6 Å². The van der Waals surface area contributed by atoms with Crippen molar-refractivity contribution in [3.63, 3.8) is 0 Å². The third-order valence-corrected chi connectivity index (χ3v) is 4.19. The lowest BCUT2D eigenvalue weighted by Gasteiger charge is -2.24. The highest BCUT2D eigenvalue weighted by Crippen LogP contribution is 2.29. The predicted molar refractivity (Wildman–Crippen MR) is 82.9 cm³/mol. The summed E-state index contributed by atoms with van der Waals surface area (Å²) in [6.07, 6.45) is 1.20. The molecule has 1 aliphatic rings. The zero-order valence-electron chi connectivity index (χ0n) is 13.0. The number of alkyl halides is 3. The number of hydrogen-bond donors (Lipinski definition) is 2. The fourth-order valence-electron chi connectivity index (χ4n) is 2.97. The van der Waals surface area contributed by atoms with E-state index in [1.807, 2.05) is 6.92 Å². The highest BCUT2D eigenvalue weighted by atomic mass is 19.4. The molecule has 0 spiro atoms. The summed E-state index contributed by atoms with van der Waals surface area (Å²) in [6.45, 7) is 4.02. The average Bonchev–Trinajstić information content (AvgIpc) is 2.48. The van der Waals surface area contributed by atoms with E-state index in [-0.39, 0.29) is 6.04 Å². The minimum absolute atomic E-state index is 0.173. The lowest BCUT2D eigenvalue weighted by Crippen LogP contribution is -2.38. The van der Waals surface area contributed by atoms with Crippen LogP contribution in [0.25, 0.3) is 0 Å². The average molecular weight is 314 g/mol. The summed E-state index contributed by atoms with van der Waals surface area (Å²) in [4.78, 5) is 0. The topological polar surface area (TPSA) is 24.1 Å². The molecule has 0 aromatic heterocycles. The lowest BCUT2D eigenvalue weighted by molar-refractivity contribution is -0.137. The molecule has 1 heterocycles. The van der Waals surface area contributed by atoms with Crippen LogP contribution >= 0.6 is 0 Å². The van der Waals surface area contributed by atoms with Gasteiger partial charge in [0.2, 0.25) is 0 Å². The molecule has 0 saturated carbocycles. The third kappa shape index (κ3) is 5.61. The normalized spacial score (nSPS) is 20.8. The van der Waals surface area contributed by atoms with E-state index >= 15 is 0 Å². The third-order valence-electron chi connectivity index (χ3n) is 4.19. The van der Waals surface area contributed by atoms with E-state index in [0.29, 0.717) is 12.5 Å². The van der Waals surface area contributed by atoms with Crippen LogP contribution in [0.3, 0.4) is 0 Å². The van der Waals surface area contributed by atoms with Crippen molar-refractivity contribution in [1.29, 1.82) is 0 Å². The summed E-state index contributed by atoms with van der Waals surface area (Å²) >= 11 is 0. The molecular formula is C17H25F3N2. The second-order valence-electron chi connectivity index (χ2n) is 6.19. The molecule has 0 amide bonds. The van der Waals surface area contributed by atoms with Gasteiger partial charge in [0.1, 0.15) is 0 Å². The molecule has 1 aromatic carbocycles. The van der Waals surface area contributed by atoms with E-state index in [1.54, 1.807) is 6.07 Å². The first-order valence-electron chi connectivity index (χ1n) is 8.08. The number of nitrogens with one attached hydrogen (secondary N) is 2. The van der Waals surface area contributed by atoms with Gasteiger partial charge in [0.25, 0.3) is 0 Å². The summed E-state index contributed by atoms with van der Waals surface area (Å²) in [6, 6.07) is 6.37. The molecule has 2 N–H and O–H groups in total. The Labute approximate surface area is 130 Å². The van der Waals surface area contributed by atoms with Crippen molar-refractivity contribution in [2.45, 2.75) is 57.3 Å². The standard InChI is InChI=1S/C17H25F3N2/c1-13(21-10-8-16-7-2-3-9-22-16)11-14-5-4-6-15(12-14)17(18,19)20/h4-6,12-13,16,21-22H,2-3,7-11H2,1H3. The van der Waals surface area contributed by atoms with Crippen LogP contribution < -0.4 is 10.6 Å². The molecule has 1 fully saturated rings. The van der Waals surface area contributed by atoms with E-state index in [0.717, 1.165) is 31.1 Å². The summed E-state index contributed by atoms with van der Waals surface area (Å²) in [5, 5.41) is 6.92. The van der Waals surface area contributed by atoms with Gasteiger partial charge in [-0.2, -0.15) is 13.2 Å². The maximum atomic E-state index is 12.7. The van der Waals surface area contributed by atoms with Crippen LogP contribution in [0.1, 0.15) is 43.7 Å². The zero-order chi connectivity index (χ0) is 16.0. The van der Waals surface area contributed by atoms with E-state index < -0.39 is 11.7 Å². The Morgan fingerprint density at radius 2 is 2.14 bits per heavy atom. The van der Waals surface area contributed by atoms with Gasteiger partial charge in [0.05, 0.1) is 5.56 Å². The molecule has 2 rings (SSSR count). The van der Waals surface area contributed by atoms with Crippen molar-refractivity contribution in [2.24, 2.45) is 0 Å². The first-order chi connectivity index (χ1) is 10.4. The van der Waals surface area contributed by atoms with Crippen LogP contribution in [-0.4, -0.2) is 25.2 Å². The van der Waals surface area contributed by atoms with Gasteiger partial charge in [-0.05, 0) is 57.3 Å². The molecule has 22 heavy (non-hydrogen) atoms. The Morgan fingerprint density at radius 1 is 1.32 bits per heavy atom. The molecule has 0 bridgehead atoms. The fraction of sp³-hybridized carbons (Fsp3) is 0.647. The maximum absolute atomic E-state index is 12.7. The van der Waals surface area contributed by atoms with Gasteiger partial charge in [-0.25, -0.2) is 0 Å². The molecule has 1 saturated heterocycles. The van der Waals surface area contributed by atoms with Crippen molar-refractivity contribution in [1.82, 2.24) is 10.6 Å². The van der Waals surface area contributed by atoms with E-state index in [4.69, 9.17) is 0 Å². The van der Waals surface area contributed by atoms with Crippen molar-refractivity contribution >= 4 is 0 Å². The van der Waals surface area contributed by atoms with Crippen molar-refractivity contribution < 1.29 is 13.2 Å². The Morgan fingerprint density at radius 3 is 2.82 bits per heavy atom. The second-order valence-corrected chi connectivity index (χ2v) is 6.19. The number of halogens is 3. The molecule has 2 nitrogen and oxygen atoms in total. The highest BCUT2D eigenvalue weighted by molar-refractivity contribution is 5.26. The maximum Gasteiger partial charge on any atom is 0.416 e. The Hall–Kier alpha value is -1.07. The summed E-state index contributed by atoms with van der Waals surface area (Å²) < 4.78 is 38.1. The van der Waals surface area contributed by atoms with Gasteiger partial charge in [0.15, 0.2) is 0 Å². The van der Waals surface area contributed by atoms with E-state index in [9.17, 15) is 13.2 Å². The molecule has 0 radical (unpaired) electrons. The largest absolute Gasteiger partial charge is 0.416 e. The SMILES string of the molecule is CC(Cc1cccc(C(F)(F)F)c1)NCCC1CCCCN1. The summed E-state index contributed by atoms with van der Waals surface area (Å²) in [5.74, 6) is 0. The second kappa shape index (κ2) is 7.97. The number of piperidine rings is 1. The summed E-state index contributed by atoms with van der Waals surface area (Å²) in [5.41, 5.74) is 0.161. The van der Waals surface area contributed by atoms with Crippen molar-refractivity contribution in [3.05, 3.63) is 35.4 Å². The quantitative estimate of drug-likeness (QED) is 0.835. The Kier molecular flexibility index (Phi) is 6.26. The van der Waals surface area contributed by atoms with E-state index in [1.165, 1.54) is 31.4 Å². The van der Waals surface area contributed by atoms with Gasteiger partial charge >= 0.3 is 6.18 Å².